The van der Waals surface area contributed by atoms with Crippen LogP contribution in [0.5, 0.6) is 11.5 Å². The summed E-state index contributed by atoms with van der Waals surface area (Å²) in [7, 11) is 0. The quantitative estimate of drug-likeness (QED) is 0.582. The second-order valence-corrected chi connectivity index (χ2v) is 9.58. The monoisotopic (exact) mass is 475 g/mol. The van der Waals surface area contributed by atoms with Gasteiger partial charge in [-0.2, -0.15) is 0 Å². The van der Waals surface area contributed by atoms with Crippen LogP contribution in [0.4, 0.5) is 10.2 Å². The Labute approximate surface area is 202 Å². The van der Waals surface area contributed by atoms with E-state index in [2.05, 4.69) is 35.7 Å². The van der Waals surface area contributed by atoms with E-state index < -0.39 is 5.82 Å². The Kier molecular flexibility index (Phi) is 4.88. The van der Waals surface area contributed by atoms with E-state index in [0.29, 0.717) is 46.4 Å². The highest BCUT2D eigenvalue weighted by Crippen LogP contribution is 2.52. The van der Waals surface area contributed by atoms with Crippen molar-refractivity contribution in [2.45, 2.75) is 33.2 Å². The number of fused-ring (bicyclic) bond motifs is 3. The van der Waals surface area contributed by atoms with Crippen molar-refractivity contribution in [1.29, 1.82) is 0 Å². The largest absolute Gasteiger partial charge is 0.453 e. The van der Waals surface area contributed by atoms with Crippen molar-refractivity contribution in [3.05, 3.63) is 30.0 Å². The fourth-order valence-corrected chi connectivity index (χ4v) is 5.52. The summed E-state index contributed by atoms with van der Waals surface area (Å²) >= 11 is 0. The fourth-order valence-electron chi connectivity index (χ4n) is 5.52. The first-order valence-corrected chi connectivity index (χ1v) is 11.9. The summed E-state index contributed by atoms with van der Waals surface area (Å²) in [5.41, 5.74) is 9.12. The van der Waals surface area contributed by atoms with Crippen LogP contribution < -0.4 is 15.2 Å². The first-order chi connectivity index (χ1) is 16.9. The van der Waals surface area contributed by atoms with Crippen LogP contribution in [0.1, 0.15) is 38.9 Å². The van der Waals surface area contributed by atoms with E-state index in [-0.39, 0.29) is 30.4 Å². The molecular formula is C26H26FN5O3. The summed E-state index contributed by atoms with van der Waals surface area (Å²) in [4.78, 5) is 22.8. The molecule has 3 aromatic rings. The number of hydrogen-bond acceptors (Lipinski definition) is 6. The molecule has 35 heavy (non-hydrogen) atoms. The topological polar surface area (TPSA) is 95.5 Å². The summed E-state index contributed by atoms with van der Waals surface area (Å²) in [6, 6.07) is 3.07. The van der Waals surface area contributed by atoms with Crippen molar-refractivity contribution in [2.75, 3.05) is 25.6 Å². The van der Waals surface area contributed by atoms with Crippen molar-refractivity contribution >= 4 is 22.8 Å². The minimum Gasteiger partial charge on any atom is -0.453 e. The van der Waals surface area contributed by atoms with Gasteiger partial charge in [-0.1, -0.05) is 12.8 Å². The van der Waals surface area contributed by atoms with Crippen LogP contribution in [0, 0.1) is 35.4 Å². The van der Waals surface area contributed by atoms with Crippen molar-refractivity contribution in [3.8, 4) is 34.5 Å². The Morgan fingerprint density at radius 3 is 2.69 bits per heavy atom. The molecule has 4 heterocycles. The Morgan fingerprint density at radius 2 is 1.97 bits per heavy atom. The van der Waals surface area contributed by atoms with Gasteiger partial charge in [0.05, 0.1) is 5.39 Å². The van der Waals surface area contributed by atoms with Gasteiger partial charge in [0, 0.05) is 42.6 Å². The molecule has 1 aliphatic carbocycles. The second kappa shape index (κ2) is 7.87. The molecule has 1 saturated heterocycles. The lowest BCUT2D eigenvalue weighted by Gasteiger charge is -2.17. The average Bonchev–Trinajstić information content (AvgIpc) is 3.28. The van der Waals surface area contributed by atoms with Gasteiger partial charge in [0.1, 0.15) is 23.5 Å². The van der Waals surface area contributed by atoms with Gasteiger partial charge in [-0.25, -0.2) is 14.4 Å². The Balaban J connectivity index is 1.50. The van der Waals surface area contributed by atoms with Crippen molar-refractivity contribution in [2.24, 2.45) is 17.8 Å². The zero-order valence-corrected chi connectivity index (χ0v) is 19.8. The maximum atomic E-state index is 14.4. The number of rotatable bonds is 3. The number of nitrogens with zero attached hydrogens (tertiary/aromatic N) is 4. The maximum Gasteiger partial charge on any atom is 0.231 e. The number of piperidine rings is 1. The third kappa shape index (κ3) is 3.23. The van der Waals surface area contributed by atoms with E-state index in [0.717, 1.165) is 24.3 Å². The number of aromatic nitrogens is 3. The molecule has 1 saturated carbocycles. The van der Waals surface area contributed by atoms with Crippen LogP contribution in [0.2, 0.25) is 0 Å². The van der Waals surface area contributed by atoms with Crippen LogP contribution in [0.15, 0.2) is 18.5 Å². The van der Waals surface area contributed by atoms with Gasteiger partial charge in [0.25, 0.3) is 0 Å². The van der Waals surface area contributed by atoms with Gasteiger partial charge in [-0.15, -0.1) is 0 Å². The number of carbonyl (C=O) groups excluding carboxylic acids is 1. The summed E-state index contributed by atoms with van der Waals surface area (Å²) in [5, 5.41) is 0.658. The van der Waals surface area contributed by atoms with Crippen LogP contribution in [-0.2, 0) is 4.79 Å². The van der Waals surface area contributed by atoms with Crippen molar-refractivity contribution in [3.63, 3.8) is 0 Å². The van der Waals surface area contributed by atoms with E-state index in [1.165, 1.54) is 12.4 Å². The number of amides is 1. The Hall–Kier alpha value is -3.80. The van der Waals surface area contributed by atoms with Crippen LogP contribution >= 0.6 is 0 Å². The molecule has 2 N–H and O–H groups in total. The SMILES string of the molecule is CCC(=O)N1C[C@@H]2C(C#Cc3c(-c4ccc(F)c5c4OCO5)c4c(N)ncnc4n3C(C)C)[C@@H]2C1. The first kappa shape index (κ1) is 21.7. The minimum absolute atomic E-state index is 0.0342. The number of hydrogen-bond donors (Lipinski definition) is 1. The van der Waals surface area contributed by atoms with Gasteiger partial charge in [0.2, 0.25) is 18.4 Å². The maximum absolute atomic E-state index is 14.4. The fraction of sp³-hybridized carbons (Fsp3) is 0.423. The lowest BCUT2D eigenvalue weighted by molar-refractivity contribution is -0.130. The van der Waals surface area contributed by atoms with Crippen LogP contribution in [0.25, 0.3) is 22.2 Å². The predicted octanol–water partition coefficient (Wildman–Crippen LogP) is 3.60. The molecule has 2 aromatic heterocycles. The molecule has 2 aliphatic heterocycles. The Morgan fingerprint density at radius 1 is 1.23 bits per heavy atom. The molecule has 1 amide bonds. The minimum atomic E-state index is -0.484. The smallest absolute Gasteiger partial charge is 0.231 e. The zero-order valence-electron chi connectivity index (χ0n) is 19.8. The number of anilines is 1. The number of likely N-dealkylation sites (tertiary alicyclic amines) is 1. The molecule has 9 heteroatoms. The molecular weight excluding hydrogens is 449 g/mol. The highest BCUT2D eigenvalue weighted by atomic mass is 19.1. The summed E-state index contributed by atoms with van der Waals surface area (Å²) in [6.07, 6.45) is 1.97. The second-order valence-electron chi connectivity index (χ2n) is 9.58. The third-order valence-corrected chi connectivity index (χ3v) is 7.28. The van der Waals surface area contributed by atoms with Gasteiger partial charge in [-0.05, 0) is 43.7 Å². The number of halogens is 1. The Bertz CT molecular complexity index is 1420. The normalized spacial score (nSPS) is 21.9. The van der Waals surface area contributed by atoms with E-state index in [1.54, 1.807) is 6.07 Å². The van der Waals surface area contributed by atoms with Crippen molar-refractivity contribution < 1.29 is 18.7 Å². The number of nitrogens with two attached hydrogens (primary N) is 1. The number of carbonyl (C=O) groups is 1. The third-order valence-electron chi connectivity index (χ3n) is 7.28. The van der Waals surface area contributed by atoms with Gasteiger partial charge < -0.3 is 24.7 Å². The summed E-state index contributed by atoms with van der Waals surface area (Å²) in [5.74, 6) is 8.42. The molecule has 180 valence electrons. The van der Waals surface area contributed by atoms with E-state index in [1.807, 2.05) is 16.4 Å². The van der Waals surface area contributed by atoms with Crippen LogP contribution in [-0.4, -0.2) is 45.2 Å². The highest BCUT2D eigenvalue weighted by molar-refractivity contribution is 6.05. The predicted molar refractivity (Wildman–Crippen MR) is 128 cm³/mol. The van der Waals surface area contributed by atoms with E-state index in [4.69, 9.17) is 15.2 Å². The lowest BCUT2D eigenvalue weighted by Crippen LogP contribution is -2.30. The standard InChI is InChI=1S/C26H26FN5O3/c1-4-20(33)31-9-16-14(17(16)10-31)6-8-19-21(15-5-7-18(27)24-23(15)34-12-35-24)22-25(28)29-11-30-26(22)32(19)13(2)3/h5,7,11,13-14,16-17H,4,9-10,12H2,1-3H3,(H2,28,29,30)/t14?,16-,17+. The average molecular weight is 476 g/mol. The van der Waals surface area contributed by atoms with Crippen LogP contribution in [0.3, 0.4) is 0 Å². The van der Waals surface area contributed by atoms with Gasteiger partial charge in [0.15, 0.2) is 11.6 Å². The first-order valence-electron chi connectivity index (χ1n) is 11.9. The van der Waals surface area contributed by atoms with Gasteiger partial charge in [-0.3, -0.25) is 4.79 Å². The van der Waals surface area contributed by atoms with Crippen molar-refractivity contribution in [1.82, 2.24) is 19.4 Å². The molecule has 0 spiro atoms. The number of benzene rings is 1. The number of ether oxygens (including phenoxy) is 2. The zero-order chi connectivity index (χ0) is 24.4. The van der Waals surface area contributed by atoms with Gasteiger partial charge >= 0.3 is 0 Å². The van der Waals surface area contributed by atoms with E-state index in [9.17, 15) is 9.18 Å². The molecule has 3 atom stereocenters. The molecule has 1 aromatic carbocycles. The molecule has 6 rings (SSSR count). The van der Waals surface area contributed by atoms with E-state index >= 15 is 0 Å². The molecule has 2 fully saturated rings. The summed E-state index contributed by atoms with van der Waals surface area (Å²) in [6.45, 7) is 7.49. The molecule has 0 bridgehead atoms. The number of nitrogen functional groups attached to an aromatic ring is 1. The highest BCUT2D eigenvalue weighted by Gasteiger charge is 2.55. The molecule has 1 unspecified atom stereocenters. The lowest BCUT2D eigenvalue weighted by atomic mass is 10.0. The summed E-state index contributed by atoms with van der Waals surface area (Å²) < 4.78 is 27.5. The molecule has 0 radical (unpaired) electrons. The molecule has 3 aliphatic rings. The molecule has 8 nitrogen and oxygen atoms in total.